The number of hydrogen-bond donors (Lipinski definition) is 3. The fraction of sp³-hybridized carbons (Fsp3) is 0.400. The number of nitrogens with one attached hydrogen (secondary N) is 1. The molecule has 0 atom stereocenters. The molecule has 1 aromatic rings. The number of hydrogen-bond acceptors (Lipinski definition) is 4. The molecule has 1 spiro atoms. The molecule has 0 unspecified atom stereocenters. The maximum atomic E-state index is 12.5. The smallest absolute Gasteiger partial charge is 0.322 e. The standard InChI is InChI=1S/C15H16N2O5/c18-10(19)8-16-14(22)11-12(20)9-4-3-7-17(9)15(13(11)21)5-1-2-6-15/h3-4,7,21H,1-2,5-6,8H2,(H,16,22)(H,18,19). The number of fused-ring (bicyclic) bond motifs is 2. The van der Waals surface area contributed by atoms with Gasteiger partial charge in [0.15, 0.2) is 0 Å². The average Bonchev–Trinajstić information content (AvgIpc) is 3.13. The molecule has 1 aromatic heterocycles. The van der Waals surface area contributed by atoms with E-state index in [0.29, 0.717) is 18.5 Å². The number of allylic oxidation sites excluding steroid dienone is 1. The second-order valence-electron chi connectivity index (χ2n) is 5.63. The minimum Gasteiger partial charge on any atom is -0.509 e. The number of aliphatic carboxylic acids is 1. The number of Topliss-reactive ketones (excluding diaryl/α,β-unsaturated/α-hetero) is 1. The minimum absolute atomic E-state index is 0.249. The molecule has 1 aliphatic carbocycles. The van der Waals surface area contributed by atoms with Crippen molar-refractivity contribution < 1.29 is 24.6 Å². The summed E-state index contributed by atoms with van der Waals surface area (Å²) in [5, 5.41) is 21.4. The lowest BCUT2D eigenvalue weighted by atomic mass is 9.85. The van der Waals surface area contributed by atoms with Crippen LogP contribution in [0, 0.1) is 0 Å². The first kappa shape index (κ1) is 14.4. The molecule has 22 heavy (non-hydrogen) atoms. The van der Waals surface area contributed by atoms with Crippen molar-refractivity contribution >= 4 is 17.7 Å². The van der Waals surface area contributed by atoms with E-state index in [1.807, 2.05) is 0 Å². The number of carboxylic acid groups (broad SMARTS) is 1. The van der Waals surface area contributed by atoms with Gasteiger partial charge in [0.1, 0.15) is 23.4 Å². The molecule has 0 aromatic carbocycles. The fourth-order valence-electron chi connectivity index (χ4n) is 3.41. The summed E-state index contributed by atoms with van der Waals surface area (Å²) in [6.45, 7) is -0.600. The van der Waals surface area contributed by atoms with E-state index in [2.05, 4.69) is 5.32 Å². The van der Waals surface area contributed by atoms with Crippen molar-refractivity contribution in [3.05, 3.63) is 35.4 Å². The van der Waals surface area contributed by atoms with Crippen molar-refractivity contribution in [3.8, 4) is 0 Å². The molecular weight excluding hydrogens is 288 g/mol. The SMILES string of the molecule is O=C(O)CNC(=O)C1=C(O)C2(CCCC2)n2cccc2C1=O. The van der Waals surface area contributed by atoms with Crippen LogP contribution in [0.5, 0.6) is 0 Å². The van der Waals surface area contributed by atoms with Gasteiger partial charge in [-0.05, 0) is 25.0 Å². The van der Waals surface area contributed by atoms with Gasteiger partial charge >= 0.3 is 5.97 Å². The van der Waals surface area contributed by atoms with E-state index in [-0.39, 0.29) is 11.3 Å². The molecule has 1 amide bonds. The Labute approximate surface area is 126 Å². The summed E-state index contributed by atoms with van der Waals surface area (Å²) in [7, 11) is 0. The second kappa shape index (κ2) is 5.01. The van der Waals surface area contributed by atoms with E-state index in [1.165, 1.54) is 0 Å². The van der Waals surface area contributed by atoms with Crippen LogP contribution in [0.4, 0.5) is 0 Å². The Morgan fingerprint density at radius 1 is 1.32 bits per heavy atom. The highest BCUT2D eigenvalue weighted by Crippen LogP contribution is 2.46. The molecule has 7 nitrogen and oxygen atoms in total. The fourth-order valence-corrected chi connectivity index (χ4v) is 3.41. The van der Waals surface area contributed by atoms with E-state index in [9.17, 15) is 19.5 Å². The first-order valence-corrected chi connectivity index (χ1v) is 7.13. The third kappa shape index (κ3) is 1.93. The van der Waals surface area contributed by atoms with E-state index in [1.54, 1.807) is 22.9 Å². The molecule has 2 aliphatic rings. The summed E-state index contributed by atoms with van der Waals surface area (Å²) >= 11 is 0. The first-order valence-electron chi connectivity index (χ1n) is 7.13. The molecule has 2 heterocycles. The predicted octanol–water partition coefficient (Wildman–Crippen LogP) is 0.967. The Morgan fingerprint density at radius 3 is 2.64 bits per heavy atom. The van der Waals surface area contributed by atoms with E-state index < -0.39 is 29.7 Å². The van der Waals surface area contributed by atoms with Gasteiger partial charge in [0.2, 0.25) is 5.78 Å². The van der Waals surface area contributed by atoms with Gasteiger partial charge in [-0.3, -0.25) is 14.4 Å². The van der Waals surface area contributed by atoms with Gasteiger partial charge < -0.3 is 20.1 Å². The zero-order chi connectivity index (χ0) is 15.9. The lowest BCUT2D eigenvalue weighted by Crippen LogP contribution is -2.44. The molecule has 0 radical (unpaired) electrons. The number of ketones is 1. The van der Waals surface area contributed by atoms with Crippen LogP contribution >= 0.6 is 0 Å². The van der Waals surface area contributed by atoms with Crippen molar-refractivity contribution in [1.29, 1.82) is 0 Å². The Kier molecular flexibility index (Phi) is 3.27. The van der Waals surface area contributed by atoms with Crippen molar-refractivity contribution in [3.63, 3.8) is 0 Å². The predicted molar refractivity (Wildman–Crippen MR) is 75.5 cm³/mol. The first-order chi connectivity index (χ1) is 10.5. The molecule has 3 N–H and O–H groups in total. The third-order valence-electron chi connectivity index (χ3n) is 4.41. The van der Waals surface area contributed by atoms with Crippen LogP contribution < -0.4 is 5.32 Å². The molecule has 3 rings (SSSR count). The Hall–Kier alpha value is -2.57. The van der Waals surface area contributed by atoms with Crippen LogP contribution in [-0.2, 0) is 15.1 Å². The quantitative estimate of drug-likeness (QED) is 0.721. The number of rotatable bonds is 3. The van der Waals surface area contributed by atoms with Gasteiger partial charge in [0, 0.05) is 6.20 Å². The van der Waals surface area contributed by atoms with Crippen molar-refractivity contribution in [2.45, 2.75) is 31.2 Å². The summed E-state index contributed by atoms with van der Waals surface area (Å²) in [5.74, 6) is -2.89. The Bertz CT molecular complexity index is 695. The number of aliphatic hydroxyl groups excluding tert-OH is 1. The normalized spacial score (nSPS) is 19.4. The van der Waals surface area contributed by atoms with Crippen LogP contribution in [0.15, 0.2) is 29.7 Å². The molecule has 1 saturated carbocycles. The van der Waals surface area contributed by atoms with Gasteiger partial charge in [-0.1, -0.05) is 12.8 Å². The zero-order valence-corrected chi connectivity index (χ0v) is 11.8. The van der Waals surface area contributed by atoms with Crippen molar-refractivity contribution in [2.75, 3.05) is 6.54 Å². The van der Waals surface area contributed by atoms with E-state index >= 15 is 0 Å². The highest BCUT2D eigenvalue weighted by atomic mass is 16.4. The average molecular weight is 304 g/mol. The zero-order valence-electron chi connectivity index (χ0n) is 11.8. The largest absolute Gasteiger partial charge is 0.509 e. The number of carboxylic acids is 1. The van der Waals surface area contributed by atoms with E-state index in [4.69, 9.17) is 5.11 Å². The topological polar surface area (TPSA) is 109 Å². The number of amides is 1. The Morgan fingerprint density at radius 2 is 2.00 bits per heavy atom. The monoisotopic (exact) mass is 304 g/mol. The number of carbonyl (C=O) groups is 3. The summed E-state index contributed by atoms with van der Waals surface area (Å²) < 4.78 is 1.74. The summed E-state index contributed by atoms with van der Waals surface area (Å²) in [5.41, 5.74) is -0.752. The van der Waals surface area contributed by atoms with Gasteiger partial charge in [0.05, 0.1) is 5.69 Å². The number of aromatic nitrogens is 1. The molecule has 0 bridgehead atoms. The molecular formula is C15H16N2O5. The summed E-state index contributed by atoms with van der Waals surface area (Å²) in [4.78, 5) is 35.2. The van der Waals surface area contributed by atoms with Gasteiger partial charge in [-0.25, -0.2) is 0 Å². The van der Waals surface area contributed by atoms with Crippen molar-refractivity contribution in [2.24, 2.45) is 0 Å². The number of nitrogens with zero attached hydrogens (tertiary/aromatic N) is 1. The third-order valence-corrected chi connectivity index (χ3v) is 4.41. The Balaban J connectivity index is 2.06. The lowest BCUT2D eigenvalue weighted by Gasteiger charge is -2.36. The van der Waals surface area contributed by atoms with Gasteiger partial charge in [0.25, 0.3) is 5.91 Å². The minimum atomic E-state index is -1.21. The highest BCUT2D eigenvalue weighted by molar-refractivity contribution is 6.26. The molecule has 7 heteroatoms. The summed E-state index contributed by atoms with van der Waals surface area (Å²) in [6.07, 6.45) is 4.80. The highest BCUT2D eigenvalue weighted by Gasteiger charge is 2.48. The summed E-state index contributed by atoms with van der Waals surface area (Å²) in [6, 6.07) is 3.32. The maximum Gasteiger partial charge on any atom is 0.322 e. The van der Waals surface area contributed by atoms with Crippen LogP contribution in [-0.4, -0.2) is 39.0 Å². The number of carbonyl (C=O) groups excluding carboxylic acids is 2. The maximum absolute atomic E-state index is 12.5. The molecule has 116 valence electrons. The lowest BCUT2D eigenvalue weighted by molar-refractivity contribution is -0.137. The molecule has 1 fully saturated rings. The van der Waals surface area contributed by atoms with Gasteiger partial charge in [-0.15, -0.1) is 0 Å². The van der Waals surface area contributed by atoms with Crippen LogP contribution in [0.3, 0.4) is 0 Å². The van der Waals surface area contributed by atoms with E-state index in [0.717, 1.165) is 12.8 Å². The van der Waals surface area contributed by atoms with Crippen molar-refractivity contribution in [1.82, 2.24) is 9.88 Å². The molecule has 1 aliphatic heterocycles. The van der Waals surface area contributed by atoms with Crippen LogP contribution in [0.1, 0.15) is 36.2 Å². The van der Waals surface area contributed by atoms with Gasteiger partial charge in [-0.2, -0.15) is 0 Å². The van der Waals surface area contributed by atoms with Crippen LogP contribution in [0.25, 0.3) is 0 Å². The molecule has 0 saturated heterocycles. The number of aliphatic hydroxyl groups is 1. The van der Waals surface area contributed by atoms with Crippen LogP contribution in [0.2, 0.25) is 0 Å². The second-order valence-corrected chi connectivity index (χ2v) is 5.63.